The van der Waals surface area contributed by atoms with Crippen LogP contribution in [0.1, 0.15) is 6.42 Å². The summed E-state index contributed by atoms with van der Waals surface area (Å²) in [7, 11) is -4.45. The molecular formula is C10H18O10S. The molecule has 0 aliphatic carbocycles. The first kappa shape index (κ1) is 18.2. The Morgan fingerprint density at radius 2 is 1.76 bits per heavy atom. The average molecular weight is 330 g/mol. The van der Waals surface area contributed by atoms with Gasteiger partial charge in [0, 0.05) is 6.42 Å². The van der Waals surface area contributed by atoms with Gasteiger partial charge in [-0.1, -0.05) is 0 Å². The summed E-state index contributed by atoms with van der Waals surface area (Å²) in [6.45, 7) is 0.330. The summed E-state index contributed by atoms with van der Waals surface area (Å²) in [6, 6.07) is 0. The van der Waals surface area contributed by atoms with Gasteiger partial charge in [0.05, 0.1) is 13.2 Å². The Balaban J connectivity index is 2.56. The SMILES string of the molecule is O=COCCCO[C@H]1O[C@H](CS(=O)(=O)O)[C@@H](O)[C@H](O)[C@H]1O. The minimum absolute atomic E-state index is 0.00300. The van der Waals surface area contributed by atoms with E-state index in [0.29, 0.717) is 0 Å². The highest BCUT2D eigenvalue weighted by molar-refractivity contribution is 7.85. The van der Waals surface area contributed by atoms with E-state index >= 15 is 0 Å². The van der Waals surface area contributed by atoms with Crippen LogP contribution in [0.3, 0.4) is 0 Å². The molecule has 1 fully saturated rings. The second kappa shape index (κ2) is 7.98. The van der Waals surface area contributed by atoms with E-state index in [1.165, 1.54) is 0 Å². The van der Waals surface area contributed by atoms with Gasteiger partial charge in [-0.15, -0.1) is 0 Å². The molecule has 10 nitrogen and oxygen atoms in total. The Bertz CT molecular complexity index is 424. The van der Waals surface area contributed by atoms with Gasteiger partial charge in [0.15, 0.2) is 6.29 Å². The van der Waals surface area contributed by atoms with Crippen molar-refractivity contribution in [3.63, 3.8) is 0 Å². The molecule has 1 saturated heterocycles. The van der Waals surface area contributed by atoms with Crippen LogP contribution in [0, 0.1) is 0 Å². The van der Waals surface area contributed by atoms with Crippen molar-refractivity contribution in [2.45, 2.75) is 37.1 Å². The molecule has 1 rings (SSSR count). The molecule has 0 saturated carbocycles. The van der Waals surface area contributed by atoms with Crippen molar-refractivity contribution in [1.29, 1.82) is 0 Å². The van der Waals surface area contributed by atoms with Gasteiger partial charge in [0.25, 0.3) is 16.6 Å². The summed E-state index contributed by atoms with van der Waals surface area (Å²) in [5.74, 6) is -0.952. The second-order valence-electron chi connectivity index (χ2n) is 4.45. The van der Waals surface area contributed by atoms with Gasteiger partial charge in [-0.2, -0.15) is 8.42 Å². The van der Waals surface area contributed by atoms with Crippen molar-refractivity contribution in [2.75, 3.05) is 19.0 Å². The maximum absolute atomic E-state index is 10.8. The fourth-order valence-electron chi connectivity index (χ4n) is 1.79. The molecule has 124 valence electrons. The summed E-state index contributed by atoms with van der Waals surface area (Å²) < 4.78 is 44.9. The molecule has 11 heteroatoms. The number of rotatable bonds is 8. The van der Waals surface area contributed by atoms with Crippen LogP contribution in [0.2, 0.25) is 0 Å². The van der Waals surface area contributed by atoms with Gasteiger partial charge < -0.3 is 29.5 Å². The fourth-order valence-corrected chi connectivity index (χ4v) is 2.48. The van der Waals surface area contributed by atoms with E-state index in [4.69, 9.17) is 14.0 Å². The molecule has 1 aliphatic rings. The number of hydrogen-bond donors (Lipinski definition) is 4. The van der Waals surface area contributed by atoms with Crippen LogP contribution < -0.4 is 0 Å². The molecule has 1 heterocycles. The fraction of sp³-hybridized carbons (Fsp3) is 0.900. The highest BCUT2D eigenvalue weighted by atomic mass is 32.2. The van der Waals surface area contributed by atoms with E-state index in [9.17, 15) is 28.5 Å². The van der Waals surface area contributed by atoms with Crippen molar-refractivity contribution < 1.29 is 47.3 Å². The van der Waals surface area contributed by atoms with Crippen molar-refractivity contribution in [1.82, 2.24) is 0 Å². The van der Waals surface area contributed by atoms with Gasteiger partial charge in [0.1, 0.15) is 30.2 Å². The normalized spacial score (nSPS) is 33.6. The van der Waals surface area contributed by atoms with E-state index in [1.807, 2.05) is 0 Å². The summed E-state index contributed by atoms with van der Waals surface area (Å²) in [5.41, 5.74) is 0. The highest BCUT2D eigenvalue weighted by Gasteiger charge is 2.45. The van der Waals surface area contributed by atoms with Crippen LogP contribution >= 0.6 is 0 Å². The third kappa shape index (κ3) is 5.82. The zero-order valence-electron chi connectivity index (χ0n) is 10.9. The number of aliphatic hydroxyl groups excluding tert-OH is 3. The number of aliphatic hydroxyl groups is 3. The third-order valence-electron chi connectivity index (χ3n) is 2.80. The molecule has 0 amide bonds. The first-order valence-electron chi connectivity index (χ1n) is 6.08. The van der Waals surface area contributed by atoms with Crippen LogP contribution in [-0.4, -0.2) is 84.4 Å². The van der Waals surface area contributed by atoms with E-state index in [1.54, 1.807) is 0 Å². The molecule has 0 aromatic carbocycles. The van der Waals surface area contributed by atoms with E-state index in [0.717, 1.165) is 0 Å². The zero-order chi connectivity index (χ0) is 16.0. The minimum Gasteiger partial charge on any atom is -0.468 e. The quantitative estimate of drug-likeness (QED) is 0.209. The molecule has 5 atom stereocenters. The molecular weight excluding hydrogens is 312 g/mol. The lowest BCUT2D eigenvalue weighted by Gasteiger charge is -2.39. The van der Waals surface area contributed by atoms with Gasteiger partial charge in [-0.3, -0.25) is 9.35 Å². The lowest BCUT2D eigenvalue weighted by molar-refractivity contribution is -0.292. The number of carbonyl (C=O) groups excluding carboxylic acids is 1. The standard InChI is InChI=1S/C10H18O10S/c11-5-18-2-1-3-19-10-9(14)8(13)7(12)6(20-10)4-21(15,16)17/h5-10,12-14H,1-4H2,(H,15,16,17)/t6-,7-,8+,9-,10+/m1/s1. The summed E-state index contributed by atoms with van der Waals surface area (Å²) in [4.78, 5) is 9.91. The van der Waals surface area contributed by atoms with Crippen LogP contribution in [0.25, 0.3) is 0 Å². The molecule has 1 aliphatic heterocycles. The van der Waals surface area contributed by atoms with Crippen LogP contribution in [-0.2, 0) is 29.1 Å². The number of ether oxygens (including phenoxy) is 3. The molecule has 0 radical (unpaired) electrons. The Kier molecular flexibility index (Phi) is 6.93. The Hall–Kier alpha value is -0.820. The molecule has 0 spiro atoms. The number of carbonyl (C=O) groups is 1. The monoisotopic (exact) mass is 330 g/mol. The van der Waals surface area contributed by atoms with Crippen molar-refractivity contribution in [3.8, 4) is 0 Å². The minimum atomic E-state index is -4.45. The molecule has 0 aromatic heterocycles. The Morgan fingerprint density at radius 3 is 2.33 bits per heavy atom. The van der Waals surface area contributed by atoms with Crippen molar-refractivity contribution in [3.05, 3.63) is 0 Å². The maximum Gasteiger partial charge on any atom is 0.293 e. The average Bonchev–Trinajstić information content (AvgIpc) is 2.39. The number of hydrogen-bond acceptors (Lipinski definition) is 9. The first-order chi connectivity index (χ1) is 9.76. The lowest BCUT2D eigenvalue weighted by Crippen LogP contribution is -2.59. The lowest BCUT2D eigenvalue weighted by atomic mass is 10.00. The van der Waals surface area contributed by atoms with Crippen LogP contribution in [0.4, 0.5) is 0 Å². The summed E-state index contributed by atoms with van der Waals surface area (Å²) >= 11 is 0. The van der Waals surface area contributed by atoms with E-state index in [2.05, 4.69) is 4.74 Å². The molecule has 21 heavy (non-hydrogen) atoms. The Labute approximate surface area is 121 Å². The van der Waals surface area contributed by atoms with Gasteiger partial charge in [-0.25, -0.2) is 0 Å². The third-order valence-corrected chi connectivity index (χ3v) is 3.55. The first-order valence-corrected chi connectivity index (χ1v) is 7.69. The predicted octanol–water partition coefficient (Wildman–Crippen LogP) is -2.74. The topological polar surface area (TPSA) is 160 Å². The van der Waals surface area contributed by atoms with Gasteiger partial charge >= 0.3 is 0 Å². The zero-order valence-corrected chi connectivity index (χ0v) is 11.8. The second-order valence-corrected chi connectivity index (χ2v) is 5.95. The van der Waals surface area contributed by atoms with E-state index in [-0.39, 0.29) is 26.1 Å². The van der Waals surface area contributed by atoms with Gasteiger partial charge in [0.2, 0.25) is 0 Å². The Morgan fingerprint density at radius 1 is 1.10 bits per heavy atom. The summed E-state index contributed by atoms with van der Waals surface area (Å²) in [5, 5.41) is 28.9. The van der Waals surface area contributed by atoms with E-state index < -0.39 is 46.6 Å². The van der Waals surface area contributed by atoms with Crippen LogP contribution in [0.5, 0.6) is 0 Å². The highest BCUT2D eigenvalue weighted by Crippen LogP contribution is 2.23. The smallest absolute Gasteiger partial charge is 0.293 e. The molecule has 4 N–H and O–H groups in total. The molecule has 0 bridgehead atoms. The molecule has 0 unspecified atom stereocenters. The predicted molar refractivity (Wildman–Crippen MR) is 65.7 cm³/mol. The maximum atomic E-state index is 10.8. The molecule has 0 aromatic rings. The van der Waals surface area contributed by atoms with Gasteiger partial charge in [-0.05, 0) is 0 Å². The van der Waals surface area contributed by atoms with Crippen molar-refractivity contribution in [2.24, 2.45) is 0 Å². The van der Waals surface area contributed by atoms with Crippen molar-refractivity contribution >= 4 is 16.6 Å². The summed E-state index contributed by atoms with van der Waals surface area (Å²) in [6.07, 6.45) is -7.53. The van der Waals surface area contributed by atoms with Crippen LogP contribution in [0.15, 0.2) is 0 Å². The largest absolute Gasteiger partial charge is 0.468 e.